The molecule has 0 saturated heterocycles. The fourth-order valence-corrected chi connectivity index (χ4v) is 2.88. The lowest BCUT2D eigenvalue weighted by Gasteiger charge is -2.23. The minimum atomic E-state index is -1.12. The quantitative estimate of drug-likeness (QED) is 0.343. The smallest absolute Gasteiger partial charge is 0.341 e. The topological polar surface area (TPSA) is 123 Å². The van der Waals surface area contributed by atoms with E-state index in [1.165, 1.54) is 12.5 Å². The van der Waals surface area contributed by atoms with Gasteiger partial charge >= 0.3 is 18.0 Å². The second kappa shape index (κ2) is 12.5. The minimum Gasteiger partial charge on any atom is -0.481 e. The second-order valence-electron chi connectivity index (χ2n) is 7.26. The van der Waals surface area contributed by atoms with E-state index in [9.17, 15) is 19.5 Å². The zero-order chi connectivity index (χ0) is 23.5. The zero-order valence-electron chi connectivity index (χ0n) is 18.0. The van der Waals surface area contributed by atoms with Gasteiger partial charge in [-0.3, -0.25) is 10.2 Å². The highest BCUT2D eigenvalue weighted by Crippen LogP contribution is 2.11. The molecule has 2 aromatic carbocycles. The molecule has 10 heteroatoms. The van der Waals surface area contributed by atoms with Gasteiger partial charge in [0.2, 0.25) is 0 Å². The molecule has 0 saturated carbocycles. The molecule has 0 heterocycles. The van der Waals surface area contributed by atoms with Crippen LogP contribution in [0.4, 0.5) is 15.3 Å². The molecular formula is C22H28ClN5O4. The Morgan fingerprint density at radius 3 is 2.22 bits per heavy atom. The zero-order valence-corrected chi connectivity index (χ0v) is 18.8. The molecule has 0 aromatic heterocycles. The summed E-state index contributed by atoms with van der Waals surface area (Å²) in [5.41, 5.74) is 10.4. The molecule has 0 spiro atoms. The van der Waals surface area contributed by atoms with Crippen LogP contribution in [0.2, 0.25) is 5.02 Å². The van der Waals surface area contributed by atoms with Crippen LogP contribution in [-0.2, 0) is 17.8 Å². The summed E-state index contributed by atoms with van der Waals surface area (Å²) in [4.78, 5) is 37.2. The number of carbonyl (C=O) groups excluding carboxylic acids is 2. The predicted octanol–water partition coefficient (Wildman–Crippen LogP) is 3.77. The molecule has 5 N–H and O–H groups in total. The number of carbonyl (C=O) groups is 3. The standard InChI is InChI=1S/C22H28ClN5O4/c1-3-4-16-7-11-19(12-8-16)25-27-26-22(32)28(14-15(2)20(29)30)21(31)24-13-17-5-9-18(23)10-6-17/h5-12,15,25,27H,3-4,13-14H2,1-2H3,(H,24,31)(H,26,32)(H,29,30)/t15-/m0/s1. The van der Waals surface area contributed by atoms with Crippen molar-refractivity contribution in [3.05, 3.63) is 64.7 Å². The summed E-state index contributed by atoms with van der Waals surface area (Å²) in [7, 11) is 0. The third-order valence-electron chi connectivity index (χ3n) is 4.59. The SMILES string of the molecule is CCCc1ccc(NNNC(=O)N(C[C@H](C)C(=O)O)C(=O)NCc2ccc(Cl)cc2)cc1. The Kier molecular flexibility index (Phi) is 9.77. The Hall–Kier alpha value is -3.30. The number of halogens is 1. The van der Waals surface area contributed by atoms with Crippen LogP contribution < -0.4 is 21.7 Å². The molecule has 4 amide bonds. The van der Waals surface area contributed by atoms with E-state index in [0.29, 0.717) is 10.7 Å². The van der Waals surface area contributed by atoms with Gasteiger partial charge in [0.1, 0.15) is 0 Å². The number of imide groups is 1. The van der Waals surface area contributed by atoms with Gasteiger partial charge < -0.3 is 15.8 Å². The Morgan fingerprint density at radius 2 is 1.62 bits per heavy atom. The summed E-state index contributed by atoms with van der Waals surface area (Å²) < 4.78 is 0. The number of carboxylic acids is 1. The molecule has 1 atom stereocenters. The number of urea groups is 2. The van der Waals surface area contributed by atoms with E-state index in [1.54, 1.807) is 24.3 Å². The van der Waals surface area contributed by atoms with E-state index in [0.717, 1.165) is 23.3 Å². The first-order valence-corrected chi connectivity index (χ1v) is 10.6. The monoisotopic (exact) mass is 461 g/mol. The molecule has 2 rings (SSSR count). The highest BCUT2D eigenvalue weighted by atomic mass is 35.5. The van der Waals surface area contributed by atoms with Gasteiger partial charge in [-0.2, -0.15) is 0 Å². The number of hydrazine groups is 2. The third-order valence-corrected chi connectivity index (χ3v) is 4.85. The first kappa shape index (κ1) is 25.0. The van der Waals surface area contributed by atoms with Gasteiger partial charge in [0.05, 0.1) is 11.6 Å². The van der Waals surface area contributed by atoms with E-state index in [2.05, 4.69) is 28.6 Å². The van der Waals surface area contributed by atoms with Crippen LogP contribution in [0.3, 0.4) is 0 Å². The lowest BCUT2D eigenvalue weighted by molar-refractivity contribution is -0.141. The van der Waals surface area contributed by atoms with E-state index in [-0.39, 0.29) is 13.1 Å². The Bertz CT molecular complexity index is 906. The summed E-state index contributed by atoms with van der Waals surface area (Å²) in [6, 6.07) is 13.0. The molecule has 9 nitrogen and oxygen atoms in total. The molecule has 0 fully saturated rings. The van der Waals surface area contributed by atoms with Gasteiger partial charge in [0.15, 0.2) is 0 Å². The molecule has 32 heavy (non-hydrogen) atoms. The normalized spacial score (nSPS) is 11.3. The molecule has 0 aliphatic carbocycles. The van der Waals surface area contributed by atoms with E-state index in [4.69, 9.17) is 11.6 Å². The van der Waals surface area contributed by atoms with Crippen molar-refractivity contribution in [3.63, 3.8) is 0 Å². The number of aliphatic carboxylic acids is 1. The van der Waals surface area contributed by atoms with Gasteiger partial charge in [0.25, 0.3) is 0 Å². The molecule has 0 bridgehead atoms. The summed E-state index contributed by atoms with van der Waals surface area (Å²) >= 11 is 5.85. The van der Waals surface area contributed by atoms with Crippen molar-refractivity contribution in [2.45, 2.75) is 33.2 Å². The average molecular weight is 462 g/mol. The number of nitrogens with zero attached hydrogens (tertiary/aromatic N) is 1. The van der Waals surface area contributed by atoms with Gasteiger partial charge in [-0.05, 0) is 41.8 Å². The number of aryl methyl sites for hydroxylation is 1. The minimum absolute atomic E-state index is 0.150. The van der Waals surface area contributed by atoms with Crippen molar-refractivity contribution < 1.29 is 19.5 Å². The van der Waals surface area contributed by atoms with Crippen LogP contribution in [0.1, 0.15) is 31.4 Å². The number of anilines is 1. The molecule has 0 aliphatic heterocycles. The summed E-state index contributed by atoms with van der Waals surface area (Å²) in [5.74, 6) is -2.06. The maximum atomic E-state index is 12.6. The number of amides is 4. The van der Waals surface area contributed by atoms with Gasteiger partial charge in [-0.15, -0.1) is 5.53 Å². The van der Waals surface area contributed by atoms with Crippen molar-refractivity contribution in [1.82, 2.24) is 21.2 Å². The maximum Gasteiger partial charge on any atom is 0.341 e. The van der Waals surface area contributed by atoms with Crippen molar-refractivity contribution in [2.24, 2.45) is 5.92 Å². The molecular weight excluding hydrogens is 434 g/mol. The molecule has 0 unspecified atom stereocenters. The average Bonchev–Trinajstić information content (AvgIpc) is 2.77. The molecule has 0 radical (unpaired) electrons. The van der Waals surface area contributed by atoms with Gasteiger partial charge in [-0.1, -0.05) is 56.1 Å². The lowest BCUT2D eigenvalue weighted by Crippen LogP contribution is -2.54. The van der Waals surface area contributed by atoms with Crippen molar-refractivity contribution in [3.8, 4) is 0 Å². The first-order chi connectivity index (χ1) is 15.3. The van der Waals surface area contributed by atoms with Crippen LogP contribution in [0.5, 0.6) is 0 Å². The van der Waals surface area contributed by atoms with E-state index >= 15 is 0 Å². The van der Waals surface area contributed by atoms with Crippen LogP contribution in [-0.4, -0.2) is 34.6 Å². The predicted molar refractivity (Wildman–Crippen MR) is 123 cm³/mol. The molecule has 172 valence electrons. The van der Waals surface area contributed by atoms with Gasteiger partial charge in [-0.25, -0.2) is 14.5 Å². The number of nitrogens with one attached hydrogen (secondary N) is 4. The maximum absolute atomic E-state index is 12.6. The van der Waals surface area contributed by atoms with Gasteiger partial charge in [0, 0.05) is 18.1 Å². The molecule has 0 aliphatic rings. The van der Waals surface area contributed by atoms with Crippen LogP contribution >= 0.6 is 11.6 Å². The number of benzene rings is 2. The Balaban J connectivity index is 1.94. The number of carboxylic acid groups (broad SMARTS) is 1. The first-order valence-electron chi connectivity index (χ1n) is 10.2. The highest BCUT2D eigenvalue weighted by Gasteiger charge is 2.26. The van der Waals surface area contributed by atoms with Crippen molar-refractivity contribution in [1.29, 1.82) is 0 Å². The second-order valence-corrected chi connectivity index (χ2v) is 7.70. The number of hydrogen-bond donors (Lipinski definition) is 5. The Labute approximate surface area is 192 Å². The lowest BCUT2D eigenvalue weighted by atomic mass is 10.1. The number of hydrogen-bond acceptors (Lipinski definition) is 5. The summed E-state index contributed by atoms with van der Waals surface area (Å²) in [5, 5.41) is 12.4. The number of rotatable bonds is 10. The summed E-state index contributed by atoms with van der Waals surface area (Å²) in [6.45, 7) is 3.36. The summed E-state index contributed by atoms with van der Waals surface area (Å²) in [6.07, 6.45) is 2.03. The third kappa shape index (κ3) is 8.09. The van der Waals surface area contributed by atoms with Crippen LogP contribution in [0.25, 0.3) is 0 Å². The highest BCUT2D eigenvalue weighted by molar-refractivity contribution is 6.30. The molecule has 2 aromatic rings. The van der Waals surface area contributed by atoms with Crippen molar-refractivity contribution in [2.75, 3.05) is 12.0 Å². The fraction of sp³-hybridized carbons (Fsp3) is 0.318. The van der Waals surface area contributed by atoms with Crippen LogP contribution in [0, 0.1) is 5.92 Å². The van der Waals surface area contributed by atoms with Crippen LogP contribution in [0.15, 0.2) is 48.5 Å². The van der Waals surface area contributed by atoms with E-state index < -0.39 is 23.9 Å². The fourth-order valence-electron chi connectivity index (χ4n) is 2.75. The van der Waals surface area contributed by atoms with Crippen molar-refractivity contribution >= 4 is 35.3 Å². The van der Waals surface area contributed by atoms with E-state index in [1.807, 2.05) is 24.3 Å². The largest absolute Gasteiger partial charge is 0.481 e. The Morgan fingerprint density at radius 1 is 1.00 bits per heavy atom.